The SMILES string of the molecule is CCCCCCCOC(COCCCCCCO)COCc1ccccc1. The molecule has 0 aromatic heterocycles. The monoisotopic (exact) mass is 380 g/mol. The fourth-order valence-electron chi connectivity index (χ4n) is 2.87. The van der Waals surface area contributed by atoms with Gasteiger partial charge in [0.15, 0.2) is 0 Å². The second kappa shape index (κ2) is 18.4. The summed E-state index contributed by atoms with van der Waals surface area (Å²) >= 11 is 0. The highest BCUT2D eigenvalue weighted by atomic mass is 16.6. The Morgan fingerprint density at radius 2 is 1.44 bits per heavy atom. The van der Waals surface area contributed by atoms with Gasteiger partial charge in [0.05, 0.1) is 19.8 Å². The fraction of sp³-hybridized carbons (Fsp3) is 0.739. The molecule has 0 heterocycles. The standard InChI is InChI=1S/C23H40O4/c1-2-3-4-6-13-18-27-23(20-25-17-12-7-5-11-16-24)21-26-19-22-14-9-8-10-15-22/h8-10,14-15,23-24H,2-7,11-13,16-21H2,1H3. The lowest BCUT2D eigenvalue weighted by atomic mass is 10.2. The molecule has 0 bridgehead atoms. The number of ether oxygens (including phenoxy) is 3. The molecule has 0 fully saturated rings. The maximum absolute atomic E-state index is 8.80. The van der Waals surface area contributed by atoms with Crippen molar-refractivity contribution < 1.29 is 19.3 Å². The molecule has 1 atom stereocenters. The van der Waals surface area contributed by atoms with Crippen LogP contribution >= 0.6 is 0 Å². The molecule has 1 rings (SSSR count). The molecule has 1 aromatic carbocycles. The Labute approximate surface area is 166 Å². The van der Waals surface area contributed by atoms with Crippen molar-refractivity contribution in [1.29, 1.82) is 0 Å². The van der Waals surface area contributed by atoms with Gasteiger partial charge in [-0.2, -0.15) is 0 Å². The summed E-state index contributed by atoms with van der Waals surface area (Å²) in [7, 11) is 0. The Morgan fingerprint density at radius 3 is 2.19 bits per heavy atom. The minimum absolute atomic E-state index is 0.00247. The van der Waals surface area contributed by atoms with Crippen LogP contribution in [0.2, 0.25) is 0 Å². The van der Waals surface area contributed by atoms with Crippen LogP contribution in [0.4, 0.5) is 0 Å². The third-order valence-corrected chi connectivity index (χ3v) is 4.52. The van der Waals surface area contributed by atoms with E-state index in [0.717, 1.165) is 45.3 Å². The molecule has 0 spiro atoms. The molecule has 0 amide bonds. The van der Waals surface area contributed by atoms with E-state index in [2.05, 4.69) is 19.1 Å². The van der Waals surface area contributed by atoms with Crippen molar-refractivity contribution >= 4 is 0 Å². The first-order chi connectivity index (χ1) is 13.4. The Morgan fingerprint density at radius 1 is 0.778 bits per heavy atom. The van der Waals surface area contributed by atoms with Gasteiger partial charge in [-0.1, -0.05) is 75.8 Å². The molecular weight excluding hydrogens is 340 g/mol. The van der Waals surface area contributed by atoms with E-state index in [0.29, 0.717) is 19.8 Å². The van der Waals surface area contributed by atoms with Crippen molar-refractivity contribution in [1.82, 2.24) is 0 Å². The Hall–Kier alpha value is -0.940. The molecule has 1 aromatic rings. The van der Waals surface area contributed by atoms with Crippen molar-refractivity contribution in [3.63, 3.8) is 0 Å². The van der Waals surface area contributed by atoms with Gasteiger partial charge in [-0.3, -0.25) is 0 Å². The van der Waals surface area contributed by atoms with Crippen molar-refractivity contribution in [2.45, 2.75) is 77.4 Å². The van der Waals surface area contributed by atoms with Crippen LogP contribution in [0.1, 0.15) is 70.3 Å². The minimum atomic E-state index is -0.00247. The number of unbranched alkanes of at least 4 members (excludes halogenated alkanes) is 7. The van der Waals surface area contributed by atoms with Crippen LogP contribution in [0, 0.1) is 0 Å². The van der Waals surface area contributed by atoms with Crippen LogP contribution in [0.15, 0.2) is 30.3 Å². The highest BCUT2D eigenvalue weighted by molar-refractivity contribution is 5.13. The first kappa shape index (κ1) is 24.1. The van der Waals surface area contributed by atoms with Crippen LogP contribution in [-0.4, -0.2) is 44.2 Å². The van der Waals surface area contributed by atoms with Gasteiger partial charge in [0.1, 0.15) is 6.10 Å². The highest BCUT2D eigenvalue weighted by Crippen LogP contribution is 2.07. The molecule has 0 aliphatic heterocycles. The molecule has 1 N–H and O–H groups in total. The van der Waals surface area contributed by atoms with E-state index in [4.69, 9.17) is 19.3 Å². The summed E-state index contributed by atoms with van der Waals surface area (Å²) < 4.78 is 17.7. The normalized spacial score (nSPS) is 12.4. The van der Waals surface area contributed by atoms with E-state index in [1.165, 1.54) is 31.2 Å². The van der Waals surface area contributed by atoms with Crippen molar-refractivity contribution in [2.24, 2.45) is 0 Å². The van der Waals surface area contributed by atoms with Gasteiger partial charge >= 0.3 is 0 Å². The maximum Gasteiger partial charge on any atom is 0.104 e. The Bertz CT molecular complexity index is 410. The molecular formula is C23H40O4. The van der Waals surface area contributed by atoms with Gasteiger partial charge < -0.3 is 19.3 Å². The van der Waals surface area contributed by atoms with Crippen LogP contribution in [0.5, 0.6) is 0 Å². The average molecular weight is 381 g/mol. The van der Waals surface area contributed by atoms with E-state index in [9.17, 15) is 0 Å². The molecule has 27 heavy (non-hydrogen) atoms. The topological polar surface area (TPSA) is 47.9 Å². The van der Waals surface area contributed by atoms with E-state index in [1.807, 2.05) is 18.2 Å². The lowest BCUT2D eigenvalue weighted by Gasteiger charge is -2.18. The smallest absolute Gasteiger partial charge is 0.104 e. The largest absolute Gasteiger partial charge is 0.396 e. The van der Waals surface area contributed by atoms with Crippen LogP contribution in [-0.2, 0) is 20.8 Å². The first-order valence-electron chi connectivity index (χ1n) is 10.8. The van der Waals surface area contributed by atoms with Crippen molar-refractivity contribution in [2.75, 3.05) is 33.0 Å². The summed E-state index contributed by atoms with van der Waals surface area (Å²) in [6.07, 6.45) is 10.3. The summed E-state index contributed by atoms with van der Waals surface area (Å²) in [6, 6.07) is 10.2. The van der Waals surface area contributed by atoms with Gasteiger partial charge in [0.2, 0.25) is 0 Å². The van der Waals surface area contributed by atoms with Crippen molar-refractivity contribution in [3.05, 3.63) is 35.9 Å². The number of aliphatic hydroxyl groups is 1. The zero-order valence-corrected chi connectivity index (χ0v) is 17.2. The highest BCUT2D eigenvalue weighted by Gasteiger charge is 2.10. The minimum Gasteiger partial charge on any atom is -0.396 e. The summed E-state index contributed by atoms with van der Waals surface area (Å²) in [5.74, 6) is 0. The van der Waals surface area contributed by atoms with E-state index in [1.54, 1.807) is 0 Å². The van der Waals surface area contributed by atoms with E-state index >= 15 is 0 Å². The predicted octanol–water partition coefficient (Wildman–Crippen LogP) is 5.13. The van der Waals surface area contributed by atoms with Gasteiger partial charge in [-0.05, 0) is 24.8 Å². The maximum atomic E-state index is 8.80. The number of hydrogen-bond acceptors (Lipinski definition) is 4. The molecule has 0 aliphatic rings. The van der Waals surface area contributed by atoms with Gasteiger partial charge in [-0.25, -0.2) is 0 Å². The number of aliphatic hydroxyl groups excluding tert-OH is 1. The Balaban J connectivity index is 2.19. The first-order valence-corrected chi connectivity index (χ1v) is 10.8. The number of rotatable bonds is 19. The van der Waals surface area contributed by atoms with Crippen LogP contribution in [0.25, 0.3) is 0 Å². The zero-order valence-electron chi connectivity index (χ0n) is 17.2. The van der Waals surface area contributed by atoms with E-state index < -0.39 is 0 Å². The number of hydrogen-bond donors (Lipinski definition) is 1. The molecule has 0 saturated heterocycles. The number of benzene rings is 1. The summed E-state index contributed by atoms with van der Waals surface area (Å²) in [5, 5.41) is 8.80. The molecule has 156 valence electrons. The van der Waals surface area contributed by atoms with Crippen LogP contribution < -0.4 is 0 Å². The van der Waals surface area contributed by atoms with Crippen molar-refractivity contribution in [3.8, 4) is 0 Å². The van der Waals surface area contributed by atoms with Gasteiger partial charge in [0.25, 0.3) is 0 Å². The molecule has 0 radical (unpaired) electrons. The molecule has 4 heteroatoms. The second-order valence-electron chi connectivity index (χ2n) is 7.12. The molecule has 4 nitrogen and oxygen atoms in total. The molecule has 1 unspecified atom stereocenters. The predicted molar refractivity (Wildman–Crippen MR) is 111 cm³/mol. The lowest BCUT2D eigenvalue weighted by molar-refractivity contribution is -0.0645. The average Bonchev–Trinajstić information content (AvgIpc) is 2.70. The summed E-state index contributed by atoms with van der Waals surface area (Å²) in [4.78, 5) is 0. The summed E-state index contributed by atoms with van der Waals surface area (Å²) in [5.41, 5.74) is 1.18. The zero-order chi connectivity index (χ0) is 19.4. The van der Waals surface area contributed by atoms with E-state index in [-0.39, 0.29) is 12.7 Å². The third kappa shape index (κ3) is 14.7. The summed E-state index contributed by atoms with van der Waals surface area (Å²) in [6.45, 7) is 5.81. The lowest BCUT2D eigenvalue weighted by Crippen LogP contribution is -2.26. The Kier molecular flexibility index (Phi) is 16.4. The van der Waals surface area contributed by atoms with Crippen LogP contribution in [0.3, 0.4) is 0 Å². The third-order valence-electron chi connectivity index (χ3n) is 4.52. The molecule has 0 aliphatic carbocycles. The second-order valence-corrected chi connectivity index (χ2v) is 7.12. The fourth-order valence-corrected chi connectivity index (χ4v) is 2.87. The quantitative estimate of drug-likeness (QED) is 0.338. The van der Waals surface area contributed by atoms with Gasteiger partial charge in [0, 0.05) is 19.8 Å². The molecule has 0 saturated carbocycles. The van der Waals surface area contributed by atoms with Gasteiger partial charge in [-0.15, -0.1) is 0 Å².